The lowest BCUT2D eigenvalue weighted by Crippen LogP contribution is -2.42. The molecule has 5 nitrogen and oxygen atoms in total. The van der Waals surface area contributed by atoms with E-state index in [0.29, 0.717) is 13.1 Å². The summed E-state index contributed by atoms with van der Waals surface area (Å²) in [7, 11) is 2.03. The summed E-state index contributed by atoms with van der Waals surface area (Å²) in [5.41, 5.74) is 2.80. The molecule has 2 aromatic rings. The Labute approximate surface area is 119 Å². The van der Waals surface area contributed by atoms with Crippen LogP contribution in [0.2, 0.25) is 0 Å². The highest BCUT2D eigenvalue weighted by molar-refractivity contribution is 5.76. The van der Waals surface area contributed by atoms with Gasteiger partial charge in [0, 0.05) is 26.7 Å². The van der Waals surface area contributed by atoms with Gasteiger partial charge in [-0.3, -0.25) is 0 Å². The van der Waals surface area contributed by atoms with Crippen LogP contribution in [-0.2, 0) is 13.6 Å². The quantitative estimate of drug-likeness (QED) is 0.768. The minimum absolute atomic E-state index is 0.592. The van der Waals surface area contributed by atoms with Crippen LogP contribution < -0.4 is 10.6 Å². The number of aryl methyl sites for hydroxylation is 2. The maximum Gasteiger partial charge on any atom is 0.106 e. The molecule has 0 saturated carbocycles. The standard InChI is InChI=1S/C15H22N4O/c1-11-18-13-7-12(3-4-14(13)19(11)2)8-17-10-15(20)5-6-16-9-15/h3-4,7,16-17,20H,5-6,8-10H2,1-2H3. The largest absolute Gasteiger partial charge is 0.387 e. The lowest BCUT2D eigenvalue weighted by Gasteiger charge is -2.21. The molecular weight excluding hydrogens is 252 g/mol. The van der Waals surface area contributed by atoms with Gasteiger partial charge in [0.1, 0.15) is 5.82 Å². The Morgan fingerprint density at radius 2 is 2.35 bits per heavy atom. The van der Waals surface area contributed by atoms with E-state index in [0.717, 1.165) is 36.4 Å². The fourth-order valence-corrected chi connectivity index (χ4v) is 2.80. The Morgan fingerprint density at radius 3 is 3.10 bits per heavy atom. The molecule has 1 saturated heterocycles. The predicted molar refractivity (Wildman–Crippen MR) is 79.6 cm³/mol. The van der Waals surface area contributed by atoms with Crippen LogP contribution in [0.25, 0.3) is 11.0 Å². The van der Waals surface area contributed by atoms with Crippen molar-refractivity contribution in [2.24, 2.45) is 7.05 Å². The molecule has 1 aliphatic rings. The third-order valence-electron chi connectivity index (χ3n) is 4.17. The molecule has 108 valence electrons. The van der Waals surface area contributed by atoms with E-state index in [1.54, 1.807) is 0 Å². The first kappa shape index (κ1) is 13.5. The Balaban J connectivity index is 1.65. The molecular formula is C15H22N4O. The number of hydrogen-bond donors (Lipinski definition) is 3. The van der Waals surface area contributed by atoms with Crippen LogP contribution in [0.3, 0.4) is 0 Å². The molecule has 0 amide bonds. The second kappa shape index (κ2) is 5.16. The number of fused-ring (bicyclic) bond motifs is 1. The first-order valence-corrected chi connectivity index (χ1v) is 7.13. The van der Waals surface area contributed by atoms with Crippen LogP contribution >= 0.6 is 0 Å². The SMILES string of the molecule is Cc1nc2cc(CNCC3(O)CCNC3)ccc2n1C. The number of aliphatic hydroxyl groups is 1. The van der Waals surface area contributed by atoms with Crippen LogP contribution in [0.4, 0.5) is 0 Å². The zero-order chi connectivity index (χ0) is 14.2. The molecule has 1 aliphatic heterocycles. The van der Waals surface area contributed by atoms with E-state index in [9.17, 15) is 5.11 Å². The maximum absolute atomic E-state index is 10.2. The summed E-state index contributed by atoms with van der Waals surface area (Å²) in [5.74, 6) is 1.02. The summed E-state index contributed by atoms with van der Waals surface area (Å²) in [6.45, 7) is 4.98. The van der Waals surface area contributed by atoms with E-state index in [2.05, 4.69) is 38.4 Å². The van der Waals surface area contributed by atoms with Crippen LogP contribution in [0.1, 0.15) is 17.8 Å². The molecule has 1 atom stereocenters. The minimum atomic E-state index is -0.592. The molecule has 1 aromatic carbocycles. The molecule has 20 heavy (non-hydrogen) atoms. The second-order valence-electron chi connectivity index (χ2n) is 5.80. The molecule has 1 aromatic heterocycles. The van der Waals surface area contributed by atoms with Gasteiger partial charge in [-0.1, -0.05) is 6.07 Å². The van der Waals surface area contributed by atoms with Gasteiger partial charge in [0.25, 0.3) is 0 Å². The number of hydrogen-bond acceptors (Lipinski definition) is 4. The summed E-state index contributed by atoms with van der Waals surface area (Å²) in [6.07, 6.45) is 0.818. The van der Waals surface area contributed by atoms with Crippen molar-refractivity contribution in [1.82, 2.24) is 20.2 Å². The van der Waals surface area contributed by atoms with Crippen molar-refractivity contribution >= 4 is 11.0 Å². The zero-order valence-electron chi connectivity index (χ0n) is 12.1. The van der Waals surface area contributed by atoms with Gasteiger partial charge in [-0.2, -0.15) is 0 Å². The van der Waals surface area contributed by atoms with Gasteiger partial charge in [0.2, 0.25) is 0 Å². The topological polar surface area (TPSA) is 62.1 Å². The molecule has 5 heteroatoms. The highest BCUT2D eigenvalue weighted by Crippen LogP contribution is 2.17. The van der Waals surface area contributed by atoms with Gasteiger partial charge >= 0.3 is 0 Å². The number of benzene rings is 1. The molecule has 1 unspecified atom stereocenters. The van der Waals surface area contributed by atoms with Crippen LogP contribution in [0, 0.1) is 6.92 Å². The number of aromatic nitrogens is 2. The van der Waals surface area contributed by atoms with Gasteiger partial charge in [-0.05, 0) is 37.6 Å². The third-order valence-corrected chi connectivity index (χ3v) is 4.17. The molecule has 0 radical (unpaired) electrons. The fraction of sp³-hybridized carbons (Fsp3) is 0.533. The normalized spacial score (nSPS) is 22.8. The van der Waals surface area contributed by atoms with E-state index in [1.165, 1.54) is 5.56 Å². The average molecular weight is 274 g/mol. The van der Waals surface area contributed by atoms with Gasteiger partial charge in [0.15, 0.2) is 0 Å². The molecule has 0 bridgehead atoms. The maximum atomic E-state index is 10.2. The van der Waals surface area contributed by atoms with E-state index in [1.807, 2.05) is 14.0 Å². The number of imidazole rings is 1. The molecule has 3 rings (SSSR count). The Morgan fingerprint density at radius 1 is 1.50 bits per heavy atom. The van der Waals surface area contributed by atoms with Crippen LogP contribution in [-0.4, -0.2) is 39.9 Å². The summed E-state index contributed by atoms with van der Waals surface area (Å²) >= 11 is 0. The first-order valence-electron chi connectivity index (χ1n) is 7.13. The summed E-state index contributed by atoms with van der Waals surface area (Å²) < 4.78 is 2.10. The predicted octanol–water partition coefficient (Wildman–Crippen LogP) is 0.696. The van der Waals surface area contributed by atoms with Gasteiger partial charge in [0.05, 0.1) is 16.6 Å². The second-order valence-corrected chi connectivity index (χ2v) is 5.80. The molecule has 2 heterocycles. The van der Waals surface area contributed by atoms with E-state index in [4.69, 9.17) is 0 Å². The van der Waals surface area contributed by atoms with Crippen molar-refractivity contribution in [2.75, 3.05) is 19.6 Å². The van der Waals surface area contributed by atoms with Crippen molar-refractivity contribution in [1.29, 1.82) is 0 Å². The number of rotatable bonds is 4. The highest BCUT2D eigenvalue weighted by Gasteiger charge is 2.30. The van der Waals surface area contributed by atoms with Crippen molar-refractivity contribution < 1.29 is 5.11 Å². The van der Waals surface area contributed by atoms with Gasteiger partial charge in [-0.15, -0.1) is 0 Å². The van der Waals surface area contributed by atoms with Crippen molar-refractivity contribution in [3.8, 4) is 0 Å². The monoisotopic (exact) mass is 274 g/mol. The number of nitrogens with one attached hydrogen (secondary N) is 2. The van der Waals surface area contributed by atoms with Crippen LogP contribution in [0.15, 0.2) is 18.2 Å². The highest BCUT2D eigenvalue weighted by atomic mass is 16.3. The average Bonchev–Trinajstić information content (AvgIpc) is 2.96. The molecule has 0 spiro atoms. The van der Waals surface area contributed by atoms with Crippen LogP contribution in [0.5, 0.6) is 0 Å². The smallest absolute Gasteiger partial charge is 0.106 e. The summed E-state index contributed by atoms with van der Waals surface area (Å²) in [5, 5.41) is 16.8. The lowest BCUT2D eigenvalue weighted by molar-refractivity contribution is 0.0609. The Bertz CT molecular complexity index is 614. The fourth-order valence-electron chi connectivity index (χ4n) is 2.80. The van der Waals surface area contributed by atoms with E-state index >= 15 is 0 Å². The first-order chi connectivity index (χ1) is 9.57. The van der Waals surface area contributed by atoms with Crippen molar-refractivity contribution in [3.05, 3.63) is 29.6 Å². The third kappa shape index (κ3) is 2.57. The summed E-state index contributed by atoms with van der Waals surface area (Å²) in [4.78, 5) is 4.55. The van der Waals surface area contributed by atoms with E-state index < -0.39 is 5.60 Å². The molecule has 1 fully saturated rings. The Hall–Kier alpha value is -1.43. The molecule has 3 N–H and O–H groups in total. The van der Waals surface area contributed by atoms with Gasteiger partial charge in [-0.25, -0.2) is 4.98 Å². The number of nitrogens with zero attached hydrogens (tertiary/aromatic N) is 2. The van der Waals surface area contributed by atoms with Crippen molar-refractivity contribution in [2.45, 2.75) is 25.5 Å². The lowest BCUT2D eigenvalue weighted by atomic mass is 10.0. The molecule has 0 aliphatic carbocycles. The Kier molecular flexibility index (Phi) is 3.50. The zero-order valence-corrected chi connectivity index (χ0v) is 12.1. The van der Waals surface area contributed by atoms with E-state index in [-0.39, 0.29) is 0 Å². The minimum Gasteiger partial charge on any atom is -0.387 e. The summed E-state index contributed by atoms with van der Waals surface area (Å²) in [6, 6.07) is 6.35. The van der Waals surface area contributed by atoms with Crippen molar-refractivity contribution in [3.63, 3.8) is 0 Å². The number of β-amino-alcohol motifs (C(OH)–C–C–N with tert-alkyl or cyclic N) is 1. The van der Waals surface area contributed by atoms with Gasteiger partial charge < -0.3 is 20.3 Å².